The van der Waals surface area contributed by atoms with E-state index in [0.29, 0.717) is 0 Å². The third-order valence-corrected chi connectivity index (χ3v) is 3.64. The van der Waals surface area contributed by atoms with Crippen LogP contribution in [-0.4, -0.2) is 17.8 Å². The summed E-state index contributed by atoms with van der Waals surface area (Å²) in [6.07, 6.45) is 2.19. The molecule has 0 saturated heterocycles. The molecule has 1 aromatic rings. The van der Waals surface area contributed by atoms with Crippen molar-refractivity contribution in [1.82, 2.24) is 0 Å². The minimum Gasteiger partial charge on any atom is -0.395 e. The molecule has 0 heterocycles. The van der Waals surface area contributed by atoms with E-state index < -0.39 is 0 Å². The molecular formula is C11H14BrNO. The van der Waals surface area contributed by atoms with Crippen molar-refractivity contribution in [1.29, 1.82) is 0 Å². The third-order valence-electron chi connectivity index (χ3n) is 3.11. The van der Waals surface area contributed by atoms with E-state index in [1.165, 1.54) is 5.56 Å². The first kappa shape index (κ1) is 10.1. The van der Waals surface area contributed by atoms with Gasteiger partial charge in [0.05, 0.1) is 6.61 Å². The second-order valence-electron chi connectivity index (χ2n) is 3.95. The zero-order chi connectivity index (χ0) is 10.2. The quantitative estimate of drug-likeness (QED) is 0.866. The number of halogens is 1. The number of nitrogens with two attached hydrogens (primary N) is 1. The standard InChI is InChI=1S/C11H14BrNO/c12-9-3-1-8(2-4-9)11(5-6-11)10(13)7-14/h1-4,10,14H,5-7,13H2/t10-/m0/s1. The zero-order valence-corrected chi connectivity index (χ0v) is 9.50. The lowest BCUT2D eigenvalue weighted by Gasteiger charge is -2.21. The van der Waals surface area contributed by atoms with Gasteiger partial charge in [0.15, 0.2) is 0 Å². The minimum absolute atomic E-state index is 0.0510. The average Bonchev–Trinajstić information content (AvgIpc) is 2.99. The molecule has 0 aromatic heterocycles. The molecular weight excluding hydrogens is 242 g/mol. The van der Waals surface area contributed by atoms with E-state index in [2.05, 4.69) is 28.1 Å². The molecule has 1 fully saturated rings. The summed E-state index contributed by atoms with van der Waals surface area (Å²) < 4.78 is 1.08. The van der Waals surface area contributed by atoms with Gasteiger partial charge in [0.1, 0.15) is 0 Å². The molecule has 1 aliphatic carbocycles. The predicted molar refractivity (Wildman–Crippen MR) is 60.1 cm³/mol. The monoisotopic (exact) mass is 255 g/mol. The highest BCUT2D eigenvalue weighted by Gasteiger charge is 2.48. The molecule has 0 aliphatic heterocycles. The molecule has 76 valence electrons. The Morgan fingerprint density at radius 3 is 2.36 bits per heavy atom. The maximum absolute atomic E-state index is 9.09. The van der Waals surface area contributed by atoms with E-state index in [9.17, 15) is 0 Å². The number of rotatable bonds is 3. The van der Waals surface area contributed by atoms with Gasteiger partial charge in [-0.3, -0.25) is 0 Å². The highest BCUT2D eigenvalue weighted by atomic mass is 79.9. The fourth-order valence-corrected chi connectivity index (χ4v) is 2.23. The number of aliphatic hydroxyl groups is 1. The maximum Gasteiger partial charge on any atom is 0.0591 e. The van der Waals surface area contributed by atoms with Crippen LogP contribution < -0.4 is 5.73 Å². The van der Waals surface area contributed by atoms with E-state index in [-0.39, 0.29) is 18.1 Å². The zero-order valence-electron chi connectivity index (χ0n) is 7.91. The molecule has 0 spiro atoms. The van der Waals surface area contributed by atoms with Crippen LogP contribution in [0.25, 0.3) is 0 Å². The molecule has 3 N–H and O–H groups in total. The van der Waals surface area contributed by atoms with Crippen LogP contribution >= 0.6 is 15.9 Å². The summed E-state index contributed by atoms with van der Waals surface area (Å²) in [4.78, 5) is 0. The summed E-state index contributed by atoms with van der Waals surface area (Å²) in [5, 5.41) is 9.09. The van der Waals surface area contributed by atoms with Gasteiger partial charge in [0, 0.05) is 15.9 Å². The van der Waals surface area contributed by atoms with E-state index >= 15 is 0 Å². The Hall–Kier alpha value is -0.380. The summed E-state index contributed by atoms with van der Waals surface area (Å²) in [5.41, 5.74) is 7.22. The van der Waals surface area contributed by atoms with Gasteiger partial charge in [-0.05, 0) is 30.5 Å². The minimum atomic E-state index is -0.122. The van der Waals surface area contributed by atoms with Crippen LogP contribution in [0.3, 0.4) is 0 Å². The van der Waals surface area contributed by atoms with Crippen molar-refractivity contribution in [3.63, 3.8) is 0 Å². The van der Waals surface area contributed by atoms with E-state index in [1.54, 1.807) is 0 Å². The SMILES string of the molecule is N[C@@H](CO)C1(c2ccc(Br)cc2)CC1. The molecule has 14 heavy (non-hydrogen) atoms. The summed E-state index contributed by atoms with van der Waals surface area (Å²) in [5.74, 6) is 0. The smallest absolute Gasteiger partial charge is 0.0591 e. The Bertz CT molecular complexity index is 319. The van der Waals surface area contributed by atoms with Crippen LogP contribution in [0, 0.1) is 0 Å². The molecule has 1 atom stereocenters. The normalized spacial score (nSPS) is 20.5. The molecule has 0 amide bonds. The summed E-state index contributed by atoms with van der Waals surface area (Å²) in [6.45, 7) is 0.0655. The molecule has 0 radical (unpaired) electrons. The van der Waals surface area contributed by atoms with Gasteiger partial charge in [-0.2, -0.15) is 0 Å². The molecule has 2 rings (SSSR count). The van der Waals surface area contributed by atoms with Gasteiger partial charge in [-0.1, -0.05) is 28.1 Å². The third kappa shape index (κ3) is 1.60. The fraction of sp³-hybridized carbons (Fsp3) is 0.455. The summed E-state index contributed by atoms with van der Waals surface area (Å²) in [6, 6.07) is 8.11. The molecule has 0 unspecified atom stereocenters. The van der Waals surface area contributed by atoms with Crippen LogP contribution in [0.2, 0.25) is 0 Å². The van der Waals surface area contributed by atoms with Crippen LogP contribution in [0.4, 0.5) is 0 Å². The predicted octanol–water partition coefficient (Wildman–Crippen LogP) is 1.80. The number of aliphatic hydroxyl groups excluding tert-OH is 1. The van der Waals surface area contributed by atoms with Gasteiger partial charge in [0.2, 0.25) is 0 Å². The van der Waals surface area contributed by atoms with Gasteiger partial charge < -0.3 is 10.8 Å². The Kier molecular flexibility index (Phi) is 2.64. The van der Waals surface area contributed by atoms with E-state index in [4.69, 9.17) is 10.8 Å². The van der Waals surface area contributed by atoms with E-state index in [0.717, 1.165) is 17.3 Å². The number of hydrogen-bond acceptors (Lipinski definition) is 2. The van der Waals surface area contributed by atoms with Gasteiger partial charge in [0.25, 0.3) is 0 Å². The van der Waals surface area contributed by atoms with Crippen molar-refractivity contribution in [2.45, 2.75) is 24.3 Å². The van der Waals surface area contributed by atoms with E-state index in [1.807, 2.05) is 12.1 Å². The lowest BCUT2D eigenvalue weighted by molar-refractivity contribution is 0.242. The maximum atomic E-state index is 9.09. The first-order valence-corrected chi connectivity index (χ1v) is 5.61. The largest absolute Gasteiger partial charge is 0.395 e. The second-order valence-corrected chi connectivity index (χ2v) is 4.87. The topological polar surface area (TPSA) is 46.2 Å². The van der Waals surface area contributed by atoms with Crippen molar-refractivity contribution >= 4 is 15.9 Å². The first-order chi connectivity index (χ1) is 6.69. The molecule has 2 nitrogen and oxygen atoms in total. The summed E-state index contributed by atoms with van der Waals surface area (Å²) in [7, 11) is 0. The number of hydrogen-bond donors (Lipinski definition) is 2. The van der Waals surface area contributed by atoms with Gasteiger partial charge in [-0.15, -0.1) is 0 Å². The summed E-state index contributed by atoms with van der Waals surface area (Å²) >= 11 is 3.41. The van der Waals surface area contributed by atoms with Gasteiger partial charge in [-0.25, -0.2) is 0 Å². The average molecular weight is 256 g/mol. The highest BCUT2D eigenvalue weighted by molar-refractivity contribution is 9.10. The lowest BCUT2D eigenvalue weighted by atomic mass is 9.89. The Morgan fingerprint density at radius 2 is 1.93 bits per heavy atom. The first-order valence-electron chi connectivity index (χ1n) is 4.81. The van der Waals surface area contributed by atoms with Crippen LogP contribution in [-0.2, 0) is 5.41 Å². The second kappa shape index (κ2) is 3.65. The molecule has 3 heteroatoms. The number of benzene rings is 1. The van der Waals surface area contributed by atoms with Crippen LogP contribution in [0.5, 0.6) is 0 Å². The van der Waals surface area contributed by atoms with Crippen molar-refractivity contribution in [2.24, 2.45) is 5.73 Å². The van der Waals surface area contributed by atoms with Crippen LogP contribution in [0.15, 0.2) is 28.7 Å². The van der Waals surface area contributed by atoms with Crippen molar-refractivity contribution in [2.75, 3.05) is 6.61 Å². The molecule has 1 aliphatic rings. The fourth-order valence-electron chi connectivity index (χ4n) is 1.96. The van der Waals surface area contributed by atoms with Crippen LogP contribution in [0.1, 0.15) is 18.4 Å². The van der Waals surface area contributed by atoms with Crippen molar-refractivity contribution < 1.29 is 5.11 Å². The van der Waals surface area contributed by atoms with Crippen molar-refractivity contribution in [3.8, 4) is 0 Å². The lowest BCUT2D eigenvalue weighted by Crippen LogP contribution is -2.37. The Balaban J connectivity index is 2.26. The Labute approximate surface area is 92.3 Å². The molecule has 1 aromatic carbocycles. The highest BCUT2D eigenvalue weighted by Crippen LogP contribution is 2.50. The van der Waals surface area contributed by atoms with Gasteiger partial charge >= 0.3 is 0 Å². The van der Waals surface area contributed by atoms with Crippen molar-refractivity contribution in [3.05, 3.63) is 34.3 Å². The Morgan fingerprint density at radius 1 is 1.36 bits per heavy atom. The molecule has 0 bridgehead atoms. The molecule has 1 saturated carbocycles.